The number of thiol groups is 1. The molecule has 4 rings (SSSR count). The van der Waals surface area contributed by atoms with Crippen molar-refractivity contribution in [3.05, 3.63) is 65.2 Å². The molecule has 0 saturated carbocycles. The SMILES string of the molecule is C[SH](C)(=O)c1cc2c(C(=O)N3CCC(c4cccc(CN)c4)CC3)cccc2o1. The van der Waals surface area contributed by atoms with Crippen molar-refractivity contribution in [1.29, 1.82) is 0 Å². The van der Waals surface area contributed by atoms with Gasteiger partial charge in [0.2, 0.25) is 0 Å². The third-order valence-corrected chi connectivity index (χ3v) is 7.03. The van der Waals surface area contributed by atoms with Crippen LogP contribution >= 0.6 is 0 Å². The summed E-state index contributed by atoms with van der Waals surface area (Å²) in [5.74, 6) is 0.465. The van der Waals surface area contributed by atoms with Gasteiger partial charge < -0.3 is 15.1 Å². The largest absolute Gasteiger partial charge is 0.449 e. The molecule has 2 N–H and O–H groups in total. The van der Waals surface area contributed by atoms with Gasteiger partial charge in [-0.2, -0.15) is 0 Å². The van der Waals surface area contributed by atoms with E-state index in [0.717, 1.165) is 36.9 Å². The van der Waals surface area contributed by atoms with E-state index in [-0.39, 0.29) is 5.91 Å². The van der Waals surface area contributed by atoms with Gasteiger partial charge in [0.15, 0.2) is 5.09 Å². The second kappa shape index (κ2) is 7.76. The van der Waals surface area contributed by atoms with E-state index < -0.39 is 9.93 Å². The first-order chi connectivity index (χ1) is 13.9. The van der Waals surface area contributed by atoms with Crippen molar-refractivity contribution >= 4 is 26.8 Å². The van der Waals surface area contributed by atoms with Gasteiger partial charge in [0, 0.05) is 25.0 Å². The van der Waals surface area contributed by atoms with Crippen molar-refractivity contribution in [2.75, 3.05) is 25.6 Å². The maximum absolute atomic E-state index is 13.2. The molecule has 1 amide bonds. The van der Waals surface area contributed by atoms with Crippen LogP contribution in [0.1, 0.15) is 40.2 Å². The zero-order chi connectivity index (χ0) is 20.6. The van der Waals surface area contributed by atoms with Crippen LogP contribution in [0.5, 0.6) is 0 Å². The molecule has 2 aromatic carbocycles. The van der Waals surface area contributed by atoms with Crippen LogP contribution in [0.4, 0.5) is 0 Å². The Kier molecular flexibility index (Phi) is 5.32. The number of furan rings is 1. The Morgan fingerprint density at radius 1 is 1.14 bits per heavy atom. The molecule has 154 valence electrons. The normalized spacial score (nSPS) is 16.3. The predicted octanol–water partition coefficient (Wildman–Crippen LogP) is 3.55. The number of nitrogens with two attached hydrogens (primary N) is 1. The fourth-order valence-electron chi connectivity index (χ4n) is 4.06. The van der Waals surface area contributed by atoms with Crippen LogP contribution in [0.25, 0.3) is 11.0 Å². The molecule has 0 atom stereocenters. The summed E-state index contributed by atoms with van der Waals surface area (Å²) in [6.45, 7) is 1.99. The minimum atomic E-state index is -2.52. The zero-order valence-corrected chi connectivity index (χ0v) is 17.8. The lowest BCUT2D eigenvalue weighted by atomic mass is 9.88. The van der Waals surface area contributed by atoms with E-state index in [1.54, 1.807) is 18.6 Å². The van der Waals surface area contributed by atoms with Crippen LogP contribution in [0.15, 0.2) is 58.0 Å². The molecule has 1 fully saturated rings. The van der Waals surface area contributed by atoms with Gasteiger partial charge in [-0.3, -0.25) is 9.00 Å². The summed E-state index contributed by atoms with van der Waals surface area (Å²) in [5.41, 5.74) is 9.46. The minimum absolute atomic E-state index is 0.0131. The first-order valence-corrected chi connectivity index (χ1v) is 12.6. The number of nitrogens with zero attached hydrogens (tertiary/aromatic N) is 1. The summed E-state index contributed by atoms with van der Waals surface area (Å²) in [6.07, 6.45) is 5.23. The third kappa shape index (κ3) is 4.00. The summed E-state index contributed by atoms with van der Waals surface area (Å²) >= 11 is 0. The Balaban J connectivity index is 1.53. The lowest BCUT2D eigenvalue weighted by Crippen LogP contribution is -2.38. The highest BCUT2D eigenvalue weighted by molar-refractivity contribution is 8.01. The Labute approximate surface area is 172 Å². The van der Waals surface area contributed by atoms with Crippen LogP contribution in [0.2, 0.25) is 0 Å². The van der Waals surface area contributed by atoms with E-state index in [9.17, 15) is 9.00 Å². The van der Waals surface area contributed by atoms with Crippen molar-refractivity contribution < 1.29 is 13.4 Å². The fraction of sp³-hybridized carbons (Fsp3) is 0.348. The summed E-state index contributed by atoms with van der Waals surface area (Å²) in [6, 6.07) is 15.7. The molecule has 0 bridgehead atoms. The number of carbonyl (C=O) groups excluding carboxylic acids is 1. The number of hydrogen-bond acceptors (Lipinski definition) is 4. The topological polar surface area (TPSA) is 76.5 Å². The molecule has 6 heteroatoms. The number of hydrogen-bond donors (Lipinski definition) is 2. The molecule has 0 unspecified atom stereocenters. The predicted molar refractivity (Wildman–Crippen MR) is 118 cm³/mol. The van der Waals surface area contributed by atoms with Crippen LogP contribution < -0.4 is 5.73 Å². The Morgan fingerprint density at radius 2 is 1.86 bits per heavy atom. The molecule has 1 aliphatic rings. The number of amides is 1. The molecule has 3 aromatic rings. The van der Waals surface area contributed by atoms with E-state index >= 15 is 0 Å². The molecular formula is C23H28N2O3S. The second-order valence-electron chi connectivity index (χ2n) is 8.17. The van der Waals surface area contributed by atoms with Gasteiger partial charge in [-0.25, -0.2) is 0 Å². The van der Waals surface area contributed by atoms with Crippen molar-refractivity contribution in [1.82, 2.24) is 4.90 Å². The van der Waals surface area contributed by atoms with Gasteiger partial charge in [-0.1, -0.05) is 40.3 Å². The Bertz CT molecular complexity index is 1090. The van der Waals surface area contributed by atoms with Crippen LogP contribution in [-0.4, -0.2) is 40.6 Å². The van der Waals surface area contributed by atoms with Crippen molar-refractivity contribution in [3.63, 3.8) is 0 Å². The molecule has 5 nitrogen and oxygen atoms in total. The summed E-state index contributed by atoms with van der Waals surface area (Å²) in [5, 5.41) is 1.21. The lowest BCUT2D eigenvalue weighted by molar-refractivity contribution is 0.0715. The second-order valence-corrected chi connectivity index (χ2v) is 11.3. The number of benzene rings is 2. The third-order valence-electron chi connectivity index (χ3n) is 5.75. The molecule has 0 aliphatic carbocycles. The van der Waals surface area contributed by atoms with Gasteiger partial charge in [-0.05, 0) is 60.6 Å². The highest BCUT2D eigenvalue weighted by Gasteiger charge is 2.26. The number of piperidine rings is 1. The monoisotopic (exact) mass is 412 g/mol. The molecule has 29 heavy (non-hydrogen) atoms. The molecular weight excluding hydrogens is 384 g/mol. The van der Waals surface area contributed by atoms with Crippen molar-refractivity contribution in [2.45, 2.75) is 30.4 Å². The fourth-order valence-corrected chi connectivity index (χ4v) is 4.82. The first-order valence-electron chi connectivity index (χ1n) is 10.0. The minimum Gasteiger partial charge on any atom is -0.449 e. The number of fused-ring (bicyclic) bond motifs is 1. The highest BCUT2D eigenvalue weighted by Crippen LogP contribution is 2.32. The standard InChI is InChI=1S/C23H28N2O3S/c1-29(2,27)22-14-20-19(7-4-8-21(20)28-22)23(26)25-11-9-17(10-12-25)18-6-3-5-16(13-18)15-24/h3-8,13-14,17,29H,9-12,15,24H2,1-2H3. The molecule has 1 aliphatic heterocycles. The van der Waals surface area contributed by atoms with Crippen LogP contribution in [0, 0.1) is 0 Å². The van der Waals surface area contributed by atoms with Gasteiger partial charge in [0.05, 0.1) is 5.56 Å². The summed E-state index contributed by atoms with van der Waals surface area (Å²) < 4.78 is 18.2. The lowest BCUT2D eigenvalue weighted by Gasteiger charge is -2.32. The van der Waals surface area contributed by atoms with E-state index in [1.165, 1.54) is 5.56 Å². The average Bonchev–Trinajstić information content (AvgIpc) is 3.18. The van der Waals surface area contributed by atoms with Crippen LogP contribution in [0.3, 0.4) is 0 Å². The number of rotatable bonds is 4. The molecule has 1 aromatic heterocycles. The maximum Gasteiger partial charge on any atom is 0.254 e. The summed E-state index contributed by atoms with van der Waals surface area (Å²) in [4.78, 5) is 15.1. The zero-order valence-electron chi connectivity index (χ0n) is 16.9. The smallest absolute Gasteiger partial charge is 0.254 e. The molecule has 0 spiro atoms. The van der Waals surface area contributed by atoms with Crippen LogP contribution in [-0.2, 0) is 16.5 Å². The average molecular weight is 413 g/mol. The van der Waals surface area contributed by atoms with Gasteiger partial charge in [0.1, 0.15) is 5.58 Å². The number of likely N-dealkylation sites (tertiary alicyclic amines) is 1. The Hall–Kier alpha value is -2.44. The van der Waals surface area contributed by atoms with Gasteiger partial charge in [-0.15, -0.1) is 0 Å². The van der Waals surface area contributed by atoms with E-state index in [4.69, 9.17) is 10.2 Å². The van der Waals surface area contributed by atoms with Gasteiger partial charge >= 0.3 is 0 Å². The molecule has 0 radical (unpaired) electrons. The molecule has 1 saturated heterocycles. The van der Waals surface area contributed by atoms with E-state index in [1.807, 2.05) is 29.2 Å². The van der Waals surface area contributed by atoms with Gasteiger partial charge in [0.25, 0.3) is 5.91 Å². The Morgan fingerprint density at radius 3 is 2.55 bits per heavy atom. The van der Waals surface area contributed by atoms with Crippen molar-refractivity contribution in [3.8, 4) is 0 Å². The summed E-state index contributed by atoms with van der Waals surface area (Å²) in [7, 11) is -2.52. The maximum atomic E-state index is 13.2. The molecule has 2 heterocycles. The van der Waals surface area contributed by atoms with E-state index in [0.29, 0.717) is 28.7 Å². The first kappa shape index (κ1) is 19.9. The number of carbonyl (C=O) groups is 1. The van der Waals surface area contributed by atoms with E-state index in [2.05, 4.69) is 18.2 Å². The van der Waals surface area contributed by atoms with Crippen molar-refractivity contribution in [2.24, 2.45) is 5.73 Å². The quantitative estimate of drug-likeness (QED) is 0.643. The highest BCUT2D eigenvalue weighted by atomic mass is 32.2.